The van der Waals surface area contributed by atoms with Crippen molar-refractivity contribution in [1.29, 1.82) is 0 Å². The summed E-state index contributed by atoms with van der Waals surface area (Å²) in [6, 6.07) is 11.8. The van der Waals surface area contributed by atoms with Gasteiger partial charge in [-0.3, -0.25) is 9.69 Å². The SMILES string of the molecule is COC1=CC=CC(/C=C2/C(C)=C(CC(=O)Nc3cccc(OC)c3)c3cc(F)ccc32)(OC)C1CN1CCN(C(=O)O)CC1. The van der Waals surface area contributed by atoms with Gasteiger partial charge in [0.2, 0.25) is 5.91 Å². The molecule has 1 aliphatic heterocycles. The number of benzene rings is 2. The molecule has 0 bridgehead atoms. The minimum Gasteiger partial charge on any atom is -0.501 e. The Morgan fingerprint density at radius 3 is 2.52 bits per heavy atom. The third-order valence-electron chi connectivity index (χ3n) is 8.69. The molecule has 232 valence electrons. The van der Waals surface area contributed by atoms with E-state index in [1.165, 1.54) is 17.0 Å². The number of methoxy groups -OCH3 is 3. The third-order valence-corrected chi connectivity index (χ3v) is 8.69. The highest BCUT2D eigenvalue weighted by atomic mass is 19.1. The Labute approximate surface area is 256 Å². The number of rotatable bonds is 9. The summed E-state index contributed by atoms with van der Waals surface area (Å²) < 4.78 is 32.0. The Morgan fingerprint density at radius 1 is 1.07 bits per heavy atom. The Hall–Kier alpha value is -4.41. The van der Waals surface area contributed by atoms with Gasteiger partial charge in [0.1, 0.15) is 22.9 Å². The molecule has 2 aromatic rings. The average Bonchev–Trinajstić information content (AvgIpc) is 3.26. The second kappa shape index (κ2) is 13.1. The van der Waals surface area contributed by atoms with E-state index in [0.717, 1.165) is 28.0 Å². The molecule has 1 fully saturated rings. The number of ether oxygens (including phenoxy) is 3. The number of nitrogens with zero attached hydrogens (tertiary/aromatic N) is 2. The molecule has 5 rings (SSSR count). The van der Waals surface area contributed by atoms with Gasteiger partial charge in [-0.2, -0.15) is 0 Å². The molecule has 0 radical (unpaired) electrons. The summed E-state index contributed by atoms with van der Waals surface area (Å²) in [5.41, 5.74) is 3.63. The smallest absolute Gasteiger partial charge is 0.407 e. The normalized spacial score (nSPS) is 22.6. The Kier molecular flexibility index (Phi) is 9.22. The van der Waals surface area contributed by atoms with E-state index in [2.05, 4.69) is 10.2 Å². The minimum absolute atomic E-state index is 0.0488. The van der Waals surface area contributed by atoms with Gasteiger partial charge >= 0.3 is 6.09 Å². The summed E-state index contributed by atoms with van der Waals surface area (Å²) in [4.78, 5) is 28.3. The van der Waals surface area contributed by atoms with Crippen molar-refractivity contribution in [1.82, 2.24) is 9.80 Å². The summed E-state index contributed by atoms with van der Waals surface area (Å²) in [7, 11) is 4.85. The van der Waals surface area contributed by atoms with Crippen LogP contribution >= 0.6 is 0 Å². The van der Waals surface area contributed by atoms with Crippen LogP contribution < -0.4 is 10.1 Å². The second-order valence-corrected chi connectivity index (χ2v) is 11.1. The number of fused-ring (bicyclic) bond motifs is 1. The quantitative estimate of drug-likeness (QED) is 0.394. The number of amides is 2. The summed E-state index contributed by atoms with van der Waals surface area (Å²) in [6.45, 7) is 4.55. The van der Waals surface area contributed by atoms with Crippen LogP contribution in [0.25, 0.3) is 11.1 Å². The number of carboxylic acid groups (broad SMARTS) is 1. The lowest BCUT2D eigenvalue weighted by Crippen LogP contribution is -2.52. The first-order chi connectivity index (χ1) is 21.2. The number of allylic oxidation sites excluding steroid dienone is 4. The van der Waals surface area contributed by atoms with Crippen molar-refractivity contribution in [3.8, 4) is 5.75 Å². The van der Waals surface area contributed by atoms with Crippen molar-refractivity contribution in [3.05, 3.63) is 95.0 Å². The maximum atomic E-state index is 14.6. The standard InChI is InChI=1S/C34H38FN3O6/c1-22-27(19-32(39)36-24-7-5-8-25(18-24)42-2)28-17-23(35)10-11-26(28)29(22)20-34(44-4)12-6-9-31(43-3)30(34)21-37-13-15-38(16-14-37)33(40)41/h5-12,17-18,20,30H,13-16,19,21H2,1-4H3,(H,36,39)(H,40,41)/b29-20-. The molecule has 2 amide bonds. The number of carbonyl (C=O) groups excluding carboxylic acids is 1. The van der Waals surface area contributed by atoms with E-state index in [1.807, 2.05) is 31.2 Å². The van der Waals surface area contributed by atoms with Gasteiger partial charge < -0.3 is 29.5 Å². The highest BCUT2D eigenvalue weighted by molar-refractivity contribution is 6.07. The number of halogens is 1. The Bertz CT molecular complexity index is 1560. The van der Waals surface area contributed by atoms with E-state index in [1.54, 1.807) is 51.7 Å². The van der Waals surface area contributed by atoms with Crippen LogP contribution in [0.3, 0.4) is 0 Å². The van der Waals surface area contributed by atoms with Gasteiger partial charge in [-0.05, 0) is 77.3 Å². The maximum absolute atomic E-state index is 14.6. The number of hydrogen-bond donors (Lipinski definition) is 2. The van der Waals surface area contributed by atoms with Crippen LogP contribution in [0.1, 0.15) is 24.5 Å². The molecule has 1 saturated heterocycles. The fourth-order valence-electron chi connectivity index (χ4n) is 6.26. The highest BCUT2D eigenvalue weighted by Crippen LogP contribution is 2.46. The maximum Gasteiger partial charge on any atom is 0.407 e. The fourth-order valence-corrected chi connectivity index (χ4v) is 6.26. The molecule has 2 aromatic carbocycles. The van der Waals surface area contributed by atoms with Gasteiger partial charge in [-0.25, -0.2) is 9.18 Å². The van der Waals surface area contributed by atoms with E-state index in [-0.39, 0.29) is 24.1 Å². The first-order valence-corrected chi connectivity index (χ1v) is 14.5. The fraction of sp³-hybridized carbons (Fsp3) is 0.353. The van der Waals surface area contributed by atoms with Crippen LogP contribution in [-0.2, 0) is 14.3 Å². The minimum atomic E-state index is -0.926. The number of carbonyl (C=O) groups is 2. The number of anilines is 1. The van der Waals surface area contributed by atoms with Crippen molar-refractivity contribution < 1.29 is 33.3 Å². The summed E-state index contributed by atoms with van der Waals surface area (Å²) in [5.74, 6) is 0.508. The molecule has 0 spiro atoms. The summed E-state index contributed by atoms with van der Waals surface area (Å²) in [5, 5.41) is 12.3. The molecule has 0 aromatic heterocycles. The van der Waals surface area contributed by atoms with Gasteiger partial charge in [0, 0.05) is 51.6 Å². The molecule has 2 aliphatic carbocycles. The molecule has 2 unspecified atom stereocenters. The lowest BCUT2D eigenvalue weighted by Gasteiger charge is -2.42. The second-order valence-electron chi connectivity index (χ2n) is 11.1. The lowest BCUT2D eigenvalue weighted by atomic mass is 9.79. The number of piperazine rings is 1. The first kappa shape index (κ1) is 31.0. The lowest BCUT2D eigenvalue weighted by molar-refractivity contribution is -0.115. The van der Waals surface area contributed by atoms with E-state index >= 15 is 0 Å². The van der Waals surface area contributed by atoms with Crippen LogP contribution in [-0.4, -0.2) is 86.6 Å². The zero-order chi connectivity index (χ0) is 31.4. The van der Waals surface area contributed by atoms with Gasteiger partial charge in [-0.15, -0.1) is 0 Å². The number of hydrogen-bond acceptors (Lipinski definition) is 6. The largest absolute Gasteiger partial charge is 0.501 e. The molecule has 10 heteroatoms. The van der Waals surface area contributed by atoms with Gasteiger partial charge in [0.05, 0.1) is 26.6 Å². The third kappa shape index (κ3) is 6.27. The van der Waals surface area contributed by atoms with Crippen molar-refractivity contribution in [2.24, 2.45) is 5.92 Å². The molecule has 3 aliphatic rings. The molecule has 2 atom stereocenters. The summed E-state index contributed by atoms with van der Waals surface area (Å²) in [6.07, 6.45) is 7.00. The molecule has 0 saturated carbocycles. The van der Waals surface area contributed by atoms with Crippen molar-refractivity contribution >= 4 is 28.8 Å². The van der Waals surface area contributed by atoms with Crippen molar-refractivity contribution in [3.63, 3.8) is 0 Å². The van der Waals surface area contributed by atoms with Gasteiger partial charge in [0.15, 0.2) is 0 Å². The van der Waals surface area contributed by atoms with Crippen molar-refractivity contribution in [2.75, 3.05) is 59.4 Å². The summed E-state index contributed by atoms with van der Waals surface area (Å²) >= 11 is 0. The highest BCUT2D eigenvalue weighted by Gasteiger charge is 2.43. The Morgan fingerprint density at radius 2 is 1.84 bits per heavy atom. The van der Waals surface area contributed by atoms with E-state index in [0.29, 0.717) is 49.7 Å². The average molecular weight is 604 g/mol. The van der Waals surface area contributed by atoms with E-state index in [4.69, 9.17) is 14.2 Å². The van der Waals surface area contributed by atoms with Crippen LogP contribution in [0.2, 0.25) is 0 Å². The van der Waals surface area contributed by atoms with Crippen LogP contribution in [0.15, 0.2) is 78.1 Å². The van der Waals surface area contributed by atoms with Gasteiger partial charge in [0.25, 0.3) is 0 Å². The molecular weight excluding hydrogens is 565 g/mol. The van der Waals surface area contributed by atoms with Gasteiger partial charge in [-0.1, -0.05) is 18.2 Å². The van der Waals surface area contributed by atoms with Crippen LogP contribution in [0.5, 0.6) is 5.75 Å². The molecular formula is C34H38FN3O6. The molecule has 44 heavy (non-hydrogen) atoms. The molecule has 9 nitrogen and oxygen atoms in total. The zero-order valence-corrected chi connectivity index (χ0v) is 25.4. The van der Waals surface area contributed by atoms with Crippen molar-refractivity contribution in [2.45, 2.75) is 18.9 Å². The predicted octanol–water partition coefficient (Wildman–Crippen LogP) is 5.43. The number of nitrogens with one attached hydrogen (secondary N) is 1. The first-order valence-electron chi connectivity index (χ1n) is 14.5. The molecule has 2 N–H and O–H groups in total. The molecule has 1 heterocycles. The van der Waals surface area contributed by atoms with E-state index < -0.39 is 11.7 Å². The van der Waals surface area contributed by atoms with Crippen LogP contribution in [0.4, 0.5) is 14.9 Å². The van der Waals surface area contributed by atoms with Crippen LogP contribution in [0, 0.1) is 11.7 Å². The van der Waals surface area contributed by atoms with E-state index in [9.17, 15) is 19.1 Å². The zero-order valence-electron chi connectivity index (χ0n) is 25.4. The Balaban J connectivity index is 1.48. The monoisotopic (exact) mass is 603 g/mol. The predicted molar refractivity (Wildman–Crippen MR) is 167 cm³/mol. The topological polar surface area (TPSA) is 101 Å².